The highest BCUT2D eigenvalue weighted by atomic mass is 16.5. The first-order valence-corrected chi connectivity index (χ1v) is 9.69. The molecule has 0 bridgehead atoms. The van der Waals surface area contributed by atoms with Gasteiger partial charge in [-0.3, -0.25) is 0 Å². The molecule has 0 amide bonds. The fraction of sp³-hybridized carbons (Fsp3) is 0.762. The van der Waals surface area contributed by atoms with Gasteiger partial charge in [0.25, 0.3) is 0 Å². The van der Waals surface area contributed by atoms with Crippen molar-refractivity contribution in [1.82, 2.24) is 4.90 Å². The summed E-state index contributed by atoms with van der Waals surface area (Å²) >= 11 is 0. The van der Waals surface area contributed by atoms with E-state index in [9.17, 15) is 5.26 Å². The van der Waals surface area contributed by atoms with E-state index in [0.717, 1.165) is 50.8 Å². The second-order valence-corrected chi connectivity index (χ2v) is 7.63. The van der Waals surface area contributed by atoms with Gasteiger partial charge in [-0.15, -0.1) is 0 Å². The van der Waals surface area contributed by atoms with Crippen LogP contribution in [0.15, 0.2) is 22.4 Å². The highest BCUT2D eigenvalue weighted by Gasteiger charge is 2.30. The van der Waals surface area contributed by atoms with Crippen molar-refractivity contribution in [2.75, 3.05) is 20.2 Å². The molecule has 0 aromatic heterocycles. The number of hydrogen-bond donors (Lipinski definition) is 0. The molecule has 1 aliphatic heterocycles. The van der Waals surface area contributed by atoms with Crippen molar-refractivity contribution in [2.45, 2.75) is 72.3 Å². The Balaban J connectivity index is 2.27. The van der Waals surface area contributed by atoms with Crippen LogP contribution in [0.5, 0.6) is 0 Å². The average Bonchev–Trinajstić information content (AvgIpc) is 2.57. The summed E-state index contributed by atoms with van der Waals surface area (Å²) in [5.74, 6) is 1.20. The topological polar surface area (TPSA) is 36.3 Å². The Bertz CT molecular complexity index is 537. The third kappa shape index (κ3) is 4.22. The summed E-state index contributed by atoms with van der Waals surface area (Å²) in [5.41, 5.74) is 5.07. The maximum absolute atomic E-state index is 9.85. The molecule has 3 nitrogen and oxygen atoms in total. The van der Waals surface area contributed by atoms with E-state index >= 15 is 0 Å². The number of nitriles is 1. The number of allylic oxidation sites excluding steroid dienone is 3. The van der Waals surface area contributed by atoms with Crippen LogP contribution in [-0.2, 0) is 4.74 Å². The predicted octanol–water partition coefficient (Wildman–Crippen LogP) is 5.06. The summed E-state index contributed by atoms with van der Waals surface area (Å²) in [5, 5.41) is 9.85. The van der Waals surface area contributed by atoms with E-state index in [1.54, 1.807) is 0 Å². The number of nitrogens with zero attached hydrogens (tertiary/aromatic N) is 2. The molecule has 3 heteroatoms. The first kappa shape index (κ1) is 19.1. The number of rotatable bonds is 6. The van der Waals surface area contributed by atoms with E-state index in [4.69, 9.17) is 4.74 Å². The third-order valence-electron chi connectivity index (χ3n) is 5.78. The lowest BCUT2D eigenvalue weighted by Gasteiger charge is -2.38. The Hall–Kier alpha value is -1.27. The van der Waals surface area contributed by atoms with Gasteiger partial charge in [0.15, 0.2) is 0 Å². The largest absolute Gasteiger partial charge is 0.378 e. The monoisotopic (exact) mass is 330 g/mol. The summed E-state index contributed by atoms with van der Waals surface area (Å²) in [4.78, 5) is 2.40. The Morgan fingerprint density at radius 3 is 2.67 bits per heavy atom. The van der Waals surface area contributed by atoms with E-state index in [0.29, 0.717) is 11.8 Å². The minimum Gasteiger partial charge on any atom is -0.378 e. The SMILES string of the molecule is CCC(CC)COC(C)/C(C#N)=C1/CC(C)CC2=C1CCCN2C. The summed E-state index contributed by atoms with van der Waals surface area (Å²) in [6.45, 7) is 10.7. The summed E-state index contributed by atoms with van der Waals surface area (Å²) < 4.78 is 6.12. The molecule has 0 N–H and O–H groups in total. The van der Waals surface area contributed by atoms with Gasteiger partial charge in [0.2, 0.25) is 0 Å². The Morgan fingerprint density at radius 2 is 2.04 bits per heavy atom. The molecular weight excluding hydrogens is 296 g/mol. The highest BCUT2D eigenvalue weighted by molar-refractivity contribution is 5.48. The molecule has 2 rings (SSSR count). The normalized spacial score (nSPS) is 24.7. The van der Waals surface area contributed by atoms with Gasteiger partial charge in [-0.05, 0) is 55.6 Å². The molecule has 1 aliphatic carbocycles. The molecule has 0 fully saturated rings. The standard InChI is InChI=1S/C21H34N2O/c1-6-17(7-2)14-24-16(4)20(13-22)19-11-15(3)12-21-18(19)9-8-10-23(21)5/h15-17H,6-12,14H2,1-5H3/b20-19-. The molecule has 24 heavy (non-hydrogen) atoms. The molecule has 134 valence electrons. The van der Waals surface area contributed by atoms with E-state index in [1.165, 1.54) is 23.3 Å². The zero-order valence-corrected chi connectivity index (χ0v) is 16.2. The van der Waals surface area contributed by atoms with E-state index in [2.05, 4.69) is 45.7 Å². The van der Waals surface area contributed by atoms with Gasteiger partial charge in [-0.2, -0.15) is 5.26 Å². The molecule has 0 saturated carbocycles. The van der Waals surface area contributed by atoms with Crippen molar-refractivity contribution < 1.29 is 4.74 Å². The quantitative estimate of drug-likeness (QED) is 0.639. The van der Waals surface area contributed by atoms with Crippen molar-refractivity contribution in [3.8, 4) is 6.07 Å². The maximum Gasteiger partial charge on any atom is 0.0977 e. The van der Waals surface area contributed by atoms with Crippen LogP contribution in [0.1, 0.15) is 66.2 Å². The minimum atomic E-state index is -0.100. The summed E-state index contributed by atoms with van der Waals surface area (Å²) in [7, 11) is 2.20. The van der Waals surface area contributed by atoms with Crippen LogP contribution < -0.4 is 0 Å². The fourth-order valence-electron chi connectivity index (χ4n) is 4.05. The van der Waals surface area contributed by atoms with Gasteiger partial charge in [-0.25, -0.2) is 0 Å². The van der Waals surface area contributed by atoms with Gasteiger partial charge in [0.1, 0.15) is 0 Å². The first-order chi connectivity index (χ1) is 11.5. The lowest BCUT2D eigenvalue weighted by Crippen LogP contribution is -2.30. The number of ether oxygens (including phenoxy) is 1. The second kappa shape index (κ2) is 8.72. The molecule has 0 radical (unpaired) electrons. The molecule has 0 saturated heterocycles. The first-order valence-electron chi connectivity index (χ1n) is 9.69. The van der Waals surface area contributed by atoms with Gasteiger partial charge < -0.3 is 9.64 Å². The van der Waals surface area contributed by atoms with Crippen molar-refractivity contribution in [3.05, 3.63) is 22.4 Å². The molecule has 2 atom stereocenters. The highest BCUT2D eigenvalue weighted by Crippen LogP contribution is 2.41. The zero-order valence-electron chi connectivity index (χ0n) is 16.2. The van der Waals surface area contributed by atoms with Crippen molar-refractivity contribution in [3.63, 3.8) is 0 Å². The number of hydrogen-bond acceptors (Lipinski definition) is 3. The molecule has 0 aromatic rings. The van der Waals surface area contributed by atoms with Crippen molar-refractivity contribution in [2.24, 2.45) is 11.8 Å². The lowest BCUT2D eigenvalue weighted by atomic mass is 9.78. The molecule has 0 spiro atoms. The minimum absolute atomic E-state index is 0.100. The molecule has 2 aliphatic rings. The summed E-state index contributed by atoms with van der Waals surface area (Å²) in [6.07, 6.45) is 6.65. The molecule has 1 heterocycles. The van der Waals surface area contributed by atoms with Crippen molar-refractivity contribution in [1.29, 1.82) is 5.26 Å². The molecule has 0 aromatic carbocycles. The van der Waals surface area contributed by atoms with E-state index in [1.807, 2.05) is 0 Å². The van der Waals surface area contributed by atoms with Crippen LogP contribution in [0.25, 0.3) is 0 Å². The zero-order chi connectivity index (χ0) is 17.7. The summed E-state index contributed by atoms with van der Waals surface area (Å²) in [6, 6.07) is 2.50. The van der Waals surface area contributed by atoms with Gasteiger partial charge >= 0.3 is 0 Å². The average molecular weight is 331 g/mol. The van der Waals surface area contributed by atoms with E-state index in [-0.39, 0.29) is 6.10 Å². The lowest BCUT2D eigenvalue weighted by molar-refractivity contribution is 0.0602. The Labute approximate surface area is 148 Å². The Morgan fingerprint density at radius 1 is 1.33 bits per heavy atom. The van der Waals surface area contributed by atoms with Crippen LogP contribution in [0.3, 0.4) is 0 Å². The molecule has 2 unspecified atom stereocenters. The van der Waals surface area contributed by atoms with Gasteiger partial charge in [0, 0.05) is 19.3 Å². The Kier molecular flexibility index (Phi) is 6.92. The van der Waals surface area contributed by atoms with Crippen LogP contribution >= 0.6 is 0 Å². The molecular formula is C21H34N2O. The van der Waals surface area contributed by atoms with E-state index < -0.39 is 0 Å². The van der Waals surface area contributed by atoms with Crippen LogP contribution in [0.2, 0.25) is 0 Å². The van der Waals surface area contributed by atoms with Crippen LogP contribution in [0, 0.1) is 23.2 Å². The van der Waals surface area contributed by atoms with Gasteiger partial charge in [0.05, 0.1) is 24.4 Å². The smallest absolute Gasteiger partial charge is 0.0977 e. The fourth-order valence-corrected chi connectivity index (χ4v) is 4.05. The maximum atomic E-state index is 9.85. The van der Waals surface area contributed by atoms with Crippen molar-refractivity contribution >= 4 is 0 Å². The van der Waals surface area contributed by atoms with Gasteiger partial charge in [-0.1, -0.05) is 33.6 Å². The van der Waals surface area contributed by atoms with Crippen LogP contribution in [0.4, 0.5) is 0 Å². The predicted molar refractivity (Wildman–Crippen MR) is 99.4 cm³/mol. The third-order valence-corrected chi connectivity index (χ3v) is 5.78. The second-order valence-electron chi connectivity index (χ2n) is 7.63. The van der Waals surface area contributed by atoms with Crippen LogP contribution in [-0.4, -0.2) is 31.2 Å².